The zero-order chi connectivity index (χ0) is 12.4. The normalized spacial score (nSPS) is 11.1. The van der Waals surface area contributed by atoms with Gasteiger partial charge in [0.2, 0.25) is 0 Å². The summed E-state index contributed by atoms with van der Waals surface area (Å²) in [5.41, 5.74) is 0.662. The molecule has 0 amide bonds. The van der Waals surface area contributed by atoms with Gasteiger partial charge >= 0.3 is 5.69 Å². The molecule has 17 heavy (non-hydrogen) atoms. The standard InChI is InChI=1S/C11H13ClN4O/c1-8(2)16-6-5-15(11(16)17)7-9-3-4-10(12)14-13-9/h3-6,8H,7H2,1-2H3. The molecule has 2 rings (SSSR count). The molecule has 6 heteroatoms. The summed E-state index contributed by atoms with van der Waals surface area (Å²) in [7, 11) is 0. The maximum Gasteiger partial charge on any atom is 0.328 e. The number of hydrogen-bond donors (Lipinski definition) is 0. The van der Waals surface area contributed by atoms with Crippen molar-refractivity contribution >= 4 is 11.6 Å². The Morgan fingerprint density at radius 1 is 1.29 bits per heavy atom. The van der Waals surface area contributed by atoms with Crippen LogP contribution in [0.2, 0.25) is 5.15 Å². The largest absolute Gasteiger partial charge is 0.328 e. The van der Waals surface area contributed by atoms with Crippen LogP contribution in [0.15, 0.2) is 29.3 Å². The molecule has 0 aliphatic rings. The molecule has 0 atom stereocenters. The van der Waals surface area contributed by atoms with Crippen molar-refractivity contribution < 1.29 is 0 Å². The van der Waals surface area contributed by atoms with E-state index in [9.17, 15) is 4.79 Å². The summed E-state index contributed by atoms with van der Waals surface area (Å²) in [5, 5.41) is 8.01. The molecule has 5 nitrogen and oxygen atoms in total. The molecule has 2 aromatic rings. The number of imidazole rings is 1. The molecule has 0 aromatic carbocycles. The van der Waals surface area contributed by atoms with Crippen LogP contribution in [-0.2, 0) is 6.54 Å². The Morgan fingerprint density at radius 2 is 2.06 bits per heavy atom. The zero-order valence-electron chi connectivity index (χ0n) is 9.67. The lowest BCUT2D eigenvalue weighted by molar-refractivity contribution is 0.559. The van der Waals surface area contributed by atoms with Gasteiger partial charge in [-0.3, -0.25) is 9.13 Å². The second kappa shape index (κ2) is 4.71. The number of nitrogens with zero attached hydrogens (tertiary/aromatic N) is 4. The fraction of sp³-hybridized carbons (Fsp3) is 0.364. The molecule has 2 aromatic heterocycles. The van der Waals surface area contributed by atoms with Crippen molar-refractivity contribution in [3.63, 3.8) is 0 Å². The van der Waals surface area contributed by atoms with Crippen LogP contribution in [-0.4, -0.2) is 19.3 Å². The lowest BCUT2D eigenvalue weighted by atomic mass is 10.4. The predicted octanol–water partition coefficient (Wildman–Crippen LogP) is 1.72. The van der Waals surface area contributed by atoms with Gasteiger partial charge < -0.3 is 0 Å². The van der Waals surface area contributed by atoms with Gasteiger partial charge in [-0.25, -0.2) is 4.79 Å². The molecular weight excluding hydrogens is 240 g/mol. The fourth-order valence-electron chi connectivity index (χ4n) is 1.54. The average Bonchev–Trinajstić information content (AvgIpc) is 2.64. The third-order valence-corrected chi connectivity index (χ3v) is 2.65. The summed E-state index contributed by atoms with van der Waals surface area (Å²) < 4.78 is 3.27. The van der Waals surface area contributed by atoms with E-state index in [1.807, 2.05) is 13.8 Å². The second-order valence-corrected chi connectivity index (χ2v) is 4.44. The van der Waals surface area contributed by atoms with Crippen molar-refractivity contribution in [1.82, 2.24) is 19.3 Å². The summed E-state index contributed by atoms with van der Waals surface area (Å²) in [6, 6.07) is 3.57. The topological polar surface area (TPSA) is 52.7 Å². The number of aromatic nitrogens is 4. The van der Waals surface area contributed by atoms with Crippen LogP contribution < -0.4 is 5.69 Å². The first-order chi connectivity index (χ1) is 8.08. The highest BCUT2D eigenvalue weighted by Crippen LogP contribution is 2.04. The molecule has 0 unspecified atom stereocenters. The Hall–Kier alpha value is -1.62. The van der Waals surface area contributed by atoms with E-state index in [1.54, 1.807) is 33.7 Å². The summed E-state index contributed by atoms with van der Waals surface area (Å²) in [6.45, 7) is 4.34. The van der Waals surface area contributed by atoms with Crippen LogP contribution in [0.5, 0.6) is 0 Å². The Kier molecular flexibility index (Phi) is 3.28. The minimum Gasteiger partial charge on any atom is -0.297 e. The molecule has 0 spiro atoms. The molecule has 0 saturated heterocycles. The van der Waals surface area contributed by atoms with Crippen LogP contribution in [0.3, 0.4) is 0 Å². The monoisotopic (exact) mass is 252 g/mol. The van der Waals surface area contributed by atoms with Gasteiger partial charge in [-0.05, 0) is 26.0 Å². The van der Waals surface area contributed by atoms with Crippen molar-refractivity contribution in [2.24, 2.45) is 0 Å². The molecular formula is C11H13ClN4O. The van der Waals surface area contributed by atoms with Crippen molar-refractivity contribution in [3.05, 3.63) is 45.9 Å². The molecule has 90 valence electrons. The van der Waals surface area contributed by atoms with E-state index in [0.717, 1.165) is 0 Å². The molecule has 0 radical (unpaired) electrons. The molecule has 0 N–H and O–H groups in total. The maximum atomic E-state index is 11.9. The third kappa shape index (κ3) is 2.55. The minimum atomic E-state index is -0.0447. The Labute approximate surface area is 104 Å². The van der Waals surface area contributed by atoms with Gasteiger partial charge in [0, 0.05) is 18.4 Å². The summed E-state index contributed by atoms with van der Waals surface area (Å²) in [6.07, 6.45) is 3.52. The summed E-state index contributed by atoms with van der Waals surface area (Å²) >= 11 is 5.65. The molecule has 0 saturated carbocycles. The van der Waals surface area contributed by atoms with E-state index in [0.29, 0.717) is 17.4 Å². The van der Waals surface area contributed by atoms with E-state index in [-0.39, 0.29) is 11.7 Å². The highest BCUT2D eigenvalue weighted by atomic mass is 35.5. The van der Waals surface area contributed by atoms with Gasteiger partial charge in [0.25, 0.3) is 0 Å². The zero-order valence-corrected chi connectivity index (χ0v) is 10.4. The van der Waals surface area contributed by atoms with E-state index in [2.05, 4.69) is 10.2 Å². The predicted molar refractivity (Wildman–Crippen MR) is 65.2 cm³/mol. The Bertz CT molecular complexity index is 556. The van der Waals surface area contributed by atoms with Crippen molar-refractivity contribution in [2.45, 2.75) is 26.4 Å². The summed E-state index contributed by atoms with van der Waals surface area (Å²) in [4.78, 5) is 11.9. The van der Waals surface area contributed by atoms with Crippen molar-refractivity contribution in [3.8, 4) is 0 Å². The number of halogens is 1. The van der Waals surface area contributed by atoms with E-state index in [4.69, 9.17) is 11.6 Å². The molecule has 0 bridgehead atoms. The first-order valence-corrected chi connectivity index (χ1v) is 5.71. The van der Waals surface area contributed by atoms with Crippen LogP contribution >= 0.6 is 11.6 Å². The van der Waals surface area contributed by atoms with E-state index in [1.165, 1.54) is 0 Å². The maximum absolute atomic E-state index is 11.9. The smallest absolute Gasteiger partial charge is 0.297 e. The van der Waals surface area contributed by atoms with Crippen molar-refractivity contribution in [1.29, 1.82) is 0 Å². The third-order valence-electron chi connectivity index (χ3n) is 2.45. The van der Waals surface area contributed by atoms with Gasteiger partial charge in [-0.2, -0.15) is 5.10 Å². The first kappa shape index (κ1) is 11.9. The molecule has 2 heterocycles. The Morgan fingerprint density at radius 3 is 2.59 bits per heavy atom. The van der Waals surface area contributed by atoms with Gasteiger partial charge in [0.1, 0.15) is 0 Å². The van der Waals surface area contributed by atoms with Crippen LogP contribution in [0.25, 0.3) is 0 Å². The van der Waals surface area contributed by atoms with Crippen LogP contribution in [0.1, 0.15) is 25.6 Å². The highest BCUT2D eigenvalue weighted by molar-refractivity contribution is 6.29. The second-order valence-electron chi connectivity index (χ2n) is 4.06. The minimum absolute atomic E-state index is 0.0447. The lowest BCUT2D eigenvalue weighted by Crippen LogP contribution is -2.25. The van der Waals surface area contributed by atoms with Gasteiger partial charge in [-0.1, -0.05) is 11.6 Å². The van der Waals surface area contributed by atoms with Crippen molar-refractivity contribution in [2.75, 3.05) is 0 Å². The first-order valence-electron chi connectivity index (χ1n) is 5.33. The molecule has 0 aliphatic heterocycles. The molecule has 0 aliphatic carbocycles. The average molecular weight is 253 g/mol. The number of hydrogen-bond acceptors (Lipinski definition) is 3. The van der Waals surface area contributed by atoms with Gasteiger partial charge in [0.15, 0.2) is 5.15 Å². The van der Waals surface area contributed by atoms with Gasteiger partial charge in [0.05, 0.1) is 12.2 Å². The number of rotatable bonds is 3. The molecule has 0 fully saturated rings. The SMILES string of the molecule is CC(C)n1ccn(Cc2ccc(Cl)nn2)c1=O. The van der Waals surface area contributed by atoms with Gasteiger partial charge in [-0.15, -0.1) is 5.10 Å². The Balaban J connectivity index is 2.25. The van der Waals surface area contributed by atoms with Crippen LogP contribution in [0, 0.1) is 0 Å². The fourth-order valence-corrected chi connectivity index (χ4v) is 1.64. The lowest BCUT2D eigenvalue weighted by Gasteiger charge is -2.04. The summed E-state index contributed by atoms with van der Waals surface area (Å²) in [5.74, 6) is 0. The highest BCUT2D eigenvalue weighted by Gasteiger charge is 2.07. The van der Waals surface area contributed by atoms with Crippen LogP contribution in [0.4, 0.5) is 0 Å². The quantitative estimate of drug-likeness (QED) is 0.836. The van der Waals surface area contributed by atoms with E-state index >= 15 is 0 Å². The van der Waals surface area contributed by atoms with E-state index < -0.39 is 0 Å².